The second-order valence-electron chi connectivity index (χ2n) is 5.45. The number of nitrogens with one attached hydrogen (secondary N) is 2. The third-order valence-electron chi connectivity index (χ3n) is 3.79. The van der Waals surface area contributed by atoms with Gasteiger partial charge in [-0.2, -0.15) is 0 Å². The van der Waals surface area contributed by atoms with Gasteiger partial charge >= 0.3 is 0 Å². The van der Waals surface area contributed by atoms with Crippen LogP contribution in [0.1, 0.15) is 31.4 Å². The number of aromatic amines is 1. The van der Waals surface area contributed by atoms with Gasteiger partial charge in [-0.25, -0.2) is 4.98 Å². The number of nitrogens with zero attached hydrogens (tertiary/aromatic N) is 3. The van der Waals surface area contributed by atoms with Gasteiger partial charge in [-0.3, -0.25) is 9.69 Å². The van der Waals surface area contributed by atoms with Gasteiger partial charge in [0.25, 0.3) is 0 Å². The van der Waals surface area contributed by atoms with Gasteiger partial charge in [0.15, 0.2) is 0 Å². The Morgan fingerprint density at radius 2 is 2.05 bits per heavy atom. The number of hydrogen-bond acceptors (Lipinski definition) is 4. The number of aromatic nitrogens is 2. The molecule has 112 valence electrons. The summed E-state index contributed by atoms with van der Waals surface area (Å²) in [7, 11) is 0. The van der Waals surface area contributed by atoms with Gasteiger partial charge in [0.2, 0.25) is 5.91 Å². The molecular weight excluding hydrogens is 254 g/mol. The van der Waals surface area contributed by atoms with Gasteiger partial charge in [-0.1, -0.05) is 6.92 Å². The summed E-state index contributed by atoms with van der Waals surface area (Å²) in [4.78, 5) is 24.1. The van der Waals surface area contributed by atoms with Gasteiger partial charge in [0.05, 0.1) is 12.6 Å². The Morgan fingerprint density at radius 1 is 1.40 bits per heavy atom. The van der Waals surface area contributed by atoms with E-state index in [0.29, 0.717) is 6.54 Å². The SMILES string of the molecule is CCN1CCN(CC(=O)N[C@H](C)c2ncc(C)[nH]2)CC1. The number of aryl methyl sites for hydroxylation is 1. The normalized spacial score (nSPS) is 18.9. The molecule has 6 nitrogen and oxygen atoms in total. The lowest BCUT2D eigenvalue weighted by molar-refractivity contribution is -0.123. The molecule has 2 heterocycles. The molecule has 1 aliphatic heterocycles. The van der Waals surface area contributed by atoms with E-state index in [1.54, 1.807) is 6.20 Å². The fraction of sp³-hybridized carbons (Fsp3) is 0.714. The van der Waals surface area contributed by atoms with Crippen molar-refractivity contribution in [1.82, 2.24) is 25.1 Å². The van der Waals surface area contributed by atoms with E-state index in [1.807, 2.05) is 13.8 Å². The number of piperazine rings is 1. The number of likely N-dealkylation sites (N-methyl/N-ethyl adjacent to an activating group) is 1. The Kier molecular flexibility index (Phi) is 5.14. The van der Waals surface area contributed by atoms with Crippen LogP contribution in [0, 0.1) is 6.92 Å². The van der Waals surface area contributed by atoms with E-state index in [-0.39, 0.29) is 11.9 Å². The van der Waals surface area contributed by atoms with Crippen LogP contribution in [0.4, 0.5) is 0 Å². The van der Waals surface area contributed by atoms with Crippen LogP contribution in [0.5, 0.6) is 0 Å². The molecule has 2 N–H and O–H groups in total. The zero-order valence-electron chi connectivity index (χ0n) is 12.6. The molecule has 20 heavy (non-hydrogen) atoms. The van der Waals surface area contributed by atoms with E-state index in [1.165, 1.54) is 0 Å². The molecule has 0 aromatic carbocycles. The Morgan fingerprint density at radius 3 is 2.60 bits per heavy atom. The molecule has 0 unspecified atom stereocenters. The van der Waals surface area contributed by atoms with Crippen molar-refractivity contribution in [1.29, 1.82) is 0 Å². The smallest absolute Gasteiger partial charge is 0.234 e. The predicted octanol–water partition coefficient (Wildman–Crippen LogP) is 0.533. The number of carbonyl (C=O) groups excluding carboxylic acids is 1. The minimum Gasteiger partial charge on any atom is -0.345 e. The van der Waals surface area contributed by atoms with Crippen molar-refractivity contribution < 1.29 is 4.79 Å². The van der Waals surface area contributed by atoms with Crippen molar-refractivity contribution >= 4 is 5.91 Å². The zero-order chi connectivity index (χ0) is 14.5. The van der Waals surface area contributed by atoms with E-state index >= 15 is 0 Å². The Hall–Kier alpha value is -1.40. The molecule has 0 radical (unpaired) electrons. The zero-order valence-corrected chi connectivity index (χ0v) is 12.6. The maximum Gasteiger partial charge on any atom is 0.234 e. The molecule has 1 aliphatic rings. The molecule has 6 heteroatoms. The average molecular weight is 279 g/mol. The Balaban J connectivity index is 1.75. The number of hydrogen-bond donors (Lipinski definition) is 2. The molecule has 0 bridgehead atoms. The Labute approximate surface area is 120 Å². The van der Waals surface area contributed by atoms with Crippen molar-refractivity contribution in [2.24, 2.45) is 0 Å². The molecule has 0 spiro atoms. The summed E-state index contributed by atoms with van der Waals surface area (Å²) in [6.45, 7) is 11.7. The summed E-state index contributed by atoms with van der Waals surface area (Å²) >= 11 is 0. The van der Waals surface area contributed by atoms with Crippen molar-refractivity contribution in [3.8, 4) is 0 Å². The lowest BCUT2D eigenvalue weighted by Gasteiger charge is -2.33. The third-order valence-corrected chi connectivity index (χ3v) is 3.79. The second kappa shape index (κ2) is 6.85. The van der Waals surface area contributed by atoms with Crippen LogP contribution in [0.2, 0.25) is 0 Å². The van der Waals surface area contributed by atoms with E-state index in [0.717, 1.165) is 44.2 Å². The van der Waals surface area contributed by atoms with Gasteiger partial charge < -0.3 is 15.2 Å². The minimum atomic E-state index is -0.0758. The molecule has 1 fully saturated rings. The summed E-state index contributed by atoms with van der Waals surface area (Å²) < 4.78 is 0. The standard InChI is InChI=1S/C14H25N5O/c1-4-18-5-7-19(8-6-18)10-13(20)17-12(3)14-15-9-11(2)16-14/h9,12H,4-8,10H2,1-3H3,(H,15,16)(H,17,20)/t12-/m1/s1. The van der Waals surface area contributed by atoms with Gasteiger partial charge in [-0.15, -0.1) is 0 Å². The number of carbonyl (C=O) groups is 1. The maximum absolute atomic E-state index is 12.0. The highest BCUT2D eigenvalue weighted by atomic mass is 16.2. The van der Waals surface area contributed by atoms with Gasteiger partial charge in [-0.05, 0) is 20.4 Å². The lowest BCUT2D eigenvalue weighted by atomic mass is 10.3. The van der Waals surface area contributed by atoms with E-state index in [2.05, 4.69) is 32.0 Å². The highest BCUT2D eigenvalue weighted by Gasteiger charge is 2.19. The summed E-state index contributed by atoms with van der Waals surface area (Å²) in [5, 5.41) is 2.99. The van der Waals surface area contributed by atoms with Crippen LogP contribution >= 0.6 is 0 Å². The summed E-state index contributed by atoms with van der Waals surface area (Å²) in [5.74, 6) is 0.878. The van der Waals surface area contributed by atoms with Crippen LogP contribution in [0.15, 0.2) is 6.20 Å². The number of imidazole rings is 1. The predicted molar refractivity (Wildman–Crippen MR) is 78.4 cm³/mol. The van der Waals surface area contributed by atoms with E-state index < -0.39 is 0 Å². The van der Waals surface area contributed by atoms with Crippen molar-refractivity contribution in [3.63, 3.8) is 0 Å². The number of rotatable bonds is 5. The van der Waals surface area contributed by atoms with Gasteiger partial charge in [0, 0.05) is 38.1 Å². The first-order valence-electron chi connectivity index (χ1n) is 7.34. The largest absolute Gasteiger partial charge is 0.345 e. The van der Waals surface area contributed by atoms with Crippen molar-refractivity contribution in [2.45, 2.75) is 26.8 Å². The number of amides is 1. The Bertz CT molecular complexity index is 437. The highest BCUT2D eigenvalue weighted by Crippen LogP contribution is 2.08. The highest BCUT2D eigenvalue weighted by molar-refractivity contribution is 5.78. The van der Waals surface area contributed by atoms with Gasteiger partial charge in [0.1, 0.15) is 5.82 Å². The molecule has 2 rings (SSSR count). The molecule has 1 aromatic heterocycles. The van der Waals surface area contributed by atoms with Crippen LogP contribution in [-0.4, -0.2) is 64.9 Å². The van der Waals surface area contributed by atoms with Crippen LogP contribution < -0.4 is 5.32 Å². The first kappa shape index (κ1) is 15.0. The summed E-state index contributed by atoms with van der Waals surface area (Å²) in [5.41, 5.74) is 1.01. The van der Waals surface area contributed by atoms with Crippen LogP contribution in [0.25, 0.3) is 0 Å². The van der Waals surface area contributed by atoms with Crippen molar-refractivity contribution in [3.05, 3.63) is 17.7 Å². The maximum atomic E-state index is 12.0. The number of H-pyrrole nitrogens is 1. The van der Waals surface area contributed by atoms with E-state index in [9.17, 15) is 4.79 Å². The quantitative estimate of drug-likeness (QED) is 0.825. The monoisotopic (exact) mass is 279 g/mol. The third kappa shape index (κ3) is 4.05. The lowest BCUT2D eigenvalue weighted by Crippen LogP contribution is -2.49. The van der Waals surface area contributed by atoms with E-state index in [4.69, 9.17) is 0 Å². The van der Waals surface area contributed by atoms with Crippen molar-refractivity contribution in [2.75, 3.05) is 39.3 Å². The summed E-state index contributed by atoms with van der Waals surface area (Å²) in [6, 6.07) is -0.0758. The minimum absolute atomic E-state index is 0.0662. The second-order valence-corrected chi connectivity index (χ2v) is 5.45. The van der Waals surface area contributed by atoms with Crippen LogP contribution in [0.3, 0.4) is 0 Å². The molecule has 0 aliphatic carbocycles. The molecule has 1 amide bonds. The molecule has 1 atom stereocenters. The molecule has 1 saturated heterocycles. The average Bonchev–Trinajstić information content (AvgIpc) is 2.86. The fourth-order valence-electron chi connectivity index (χ4n) is 2.48. The first-order valence-corrected chi connectivity index (χ1v) is 7.34. The molecular formula is C14H25N5O. The molecule has 1 aromatic rings. The first-order chi connectivity index (χ1) is 9.58. The topological polar surface area (TPSA) is 64.3 Å². The van der Waals surface area contributed by atoms with Crippen LogP contribution in [-0.2, 0) is 4.79 Å². The summed E-state index contributed by atoms with van der Waals surface area (Å²) in [6.07, 6.45) is 1.78. The molecule has 0 saturated carbocycles. The fourth-order valence-corrected chi connectivity index (χ4v) is 2.48.